The van der Waals surface area contributed by atoms with E-state index in [0.29, 0.717) is 18.1 Å². The van der Waals surface area contributed by atoms with Crippen molar-refractivity contribution >= 4 is 17.5 Å². The van der Waals surface area contributed by atoms with E-state index in [1.807, 2.05) is 6.07 Å². The molecule has 1 N–H and O–H groups in total. The van der Waals surface area contributed by atoms with Crippen LogP contribution in [-0.2, 0) is 6.54 Å². The topological polar surface area (TPSA) is 84.8 Å². The summed E-state index contributed by atoms with van der Waals surface area (Å²) in [5.41, 5.74) is 1.48. The maximum Gasteiger partial charge on any atom is 0.387 e. The van der Waals surface area contributed by atoms with Gasteiger partial charge in [-0.15, -0.1) is 0 Å². The fourth-order valence-corrected chi connectivity index (χ4v) is 2.69. The summed E-state index contributed by atoms with van der Waals surface area (Å²) in [4.78, 5) is 21.4. The average molecular weight is 401 g/mol. The van der Waals surface area contributed by atoms with Crippen molar-refractivity contribution in [1.29, 1.82) is 0 Å². The number of carboxylic acid groups (broad SMARTS) is 1. The van der Waals surface area contributed by atoms with Crippen LogP contribution in [0, 0.1) is 0 Å². The predicted octanol–water partition coefficient (Wildman–Crippen LogP) is 4.12. The van der Waals surface area contributed by atoms with Gasteiger partial charge in [0, 0.05) is 18.1 Å². The molecule has 0 amide bonds. The summed E-state index contributed by atoms with van der Waals surface area (Å²) in [6, 6.07) is 12.7. The van der Waals surface area contributed by atoms with Gasteiger partial charge in [0.2, 0.25) is 0 Å². The minimum absolute atomic E-state index is 0.100. The SMILES string of the molecule is COc1nc(N(Cc2cccnc2)c2cccc(C(=O)O)c2)ccc1OC(F)F. The molecule has 0 unspecified atom stereocenters. The number of rotatable bonds is 8. The number of benzene rings is 1. The van der Waals surface area contributed by atoms with Gasteiger partial charge in [-0.05, 0) is 42.0 Å². The average Bonchev–Trinajstić information content (AvgIpc) is 2.73. The van der Waals surface area contributed by atoms with Gasteiger partial charge in [-0.2, -0.15) is 13.8 Å². The van der Waals surface area contributed by atoms with E-state index in [9.17, 15) is 18.7 Å². The van der Waals surface area contributed by atoms with Crippen molar-refractivity contribution in [3.8, 4) is 11.6 Å². The van der Waals surface area contributed by atoms with Gasteiger partial charge in [-0.25, -0.2) is 4.79 Å². The van der Waals surface area contributed by atoms with Crippen LogP contribution in [0.5, 0.6) is 11.6 Å². The third kappa shape index (κ3) is 4.95. The zero-order valence-electron chi connectivity index (χ0n) is 15.3. The van der Waals surface area contributed by atoms with E-state index in [0.717, 1.165) is 5.56 Å². The second kappa shape index (κ2) is 8.96. The quantitative estimate of drug-likeness (QED) is 0.608. The molecule has 0 saturated heterocycles. The lowest BCUT2D eigenvalue weighted by molar-refractivity contribution is -0.0515. The van der Waals surface area contributed by atoms with E-state index in [-0.39, 0.29) is 17.2 Å². The third-order valence-corrected chi connectivity index (χ3v) is 3.96. The molecular weight excluding hydrogens is 384 g/mol. The van der Waals surface area contributed by atoms with Crippen LogP contribution < -0.4 is 14.4 Å². The molecule has 0 aliphatic rings. The first-order chi connectivity index (χ1) is 14.0. The first-order valence-electron chi connectivity index (χ1n) is 8.47. The Morgan fingerprint density at radius 2 is 2.03 bits per heavy atom. The summed E-state index contributed by atoms with van der Waals surface area (Å²) in [6.45, 7) is -2.71. The fraction of sp³-hybridized carbons (Fsp3) is 0.150. The lowest BCUT2D eigenvalue weighted by Crippen LogP contribution is -2.19. The highest BCUT2D eigenvalue weighted by atomic mass is 19.3. The molecule has 0 atom stereocenters. The smallest absolute Gasteiger partial charge is 0.387 e. The molecule has 150 valence electrons. The Morgan fingerprint density at radius 1 is 1.21 bits per heavy atom. The summed E-state index contributed by atoms with van der Waals surface area (Å²) in [5.74, 6) is -1.03. The van der Waals surface area contributed by atoms with E-state index < -0.39 is 12.6 Å². The zero-order chi connectivity index (χ0) is 20.8. The lowest BCUT2D eigenvalue weighted by atomic mass is 10.1. The Morgan fingerprint density at radius 3 is 2.69 bits per heavy atom. The van der Waals surface area contributed by atoms with Crippen LogP contribution in [0.25, 0.3) is 0 Å². The highest BCUT2D eigenvalue weighted by molar-refractivity contribution is 5.89. The second-order valence-electron chi connectivity index (χ2n) is 5.86. The lowest BCUT2D eigenvalue weighted by Gasteiger charge is -2.25. The van der Waals surface area contributed by atoms with E-state index in [1.54, 1.807) is 35.5 Å². The Kier molecular flexibility index (Phi) is 6.18. The van der Waals surface area contributed by atoms with Crippen molar-refractivity contribution in [2.75, 3.05) is 12.0 Å². The van der Waals surface area contributed by atoms with Crippen LogP contribution >= 0.6 is 0 Å². The van der Waals surface area contributed by atoms with Crippen LogP contribution in [0.2, 0.25) is 0 Å². The zero-order valence-corrected chi connectivity index (χ0v) is 15.3. The van der Waals surface area contributed by atoms with Gasteiger partial charge in [0.1, 0.15) is 5.82 Å². The number of methoxy groups -OCH3 is 1. The number of aromatic nitrogens is 2. The summed E-state index contributed by atoms with van der Waals surface area (Å²) in [6.07, 6.45) is 3.30. The molecule has 0 bridgehead atoms. The molecule has 29 heavy (non-hydrogen) atoms. The second-order valence-corrected chi connectivity index (χ2v) is 5.86. The first-order valence-corrected chi connectivity index (χ1v) is 8.47. The van der Waals surface area contributed by atoms with Gasteiger partial charge in [0.05, 0.1) is 19.2 Å². The molecule has 3 aromatic rings. The number of anilines is 2. The Hall–Kier alpha value is -3.75. The third-order valence-electron chi connectivity index (χ3n) is 3.96. The van der Waals surface area contributed by atoms with E-state index in [1.165, 1.54) is 31.4 Å². The molecule has 2 heterocycles. The molecule has 0 fully saturated rings. The van der Waals surface area contributed by atoms with Gasteiger partial charge in [0.15, 0.2) is 5.75 Å². The Balaban J connectivity index is 2.05. The van der Waals surface area contributed by atoms with Crippen LogP contribution in [0.4, 0.5) is 20.3 Å². The summed E-state index contributed by atoms with van der Waals surface area (Å²) in [5, 5.41) is 9.30. The maximum absolute atomic E-state index is 12.6. The highest BCUT2D eigenvalue weighted by Gasteiger charge is 2.18. The first kappa shape index (κ1) is 20.0. The number of carbonyl (C=O) groups is 1. The number of nitrogens with zero attached hydrogens (tertiary/aromatic N) is 3. The van der Waals surface area contributed by atoms with Crippen molar-refractivity contribution in [2.24, 2.45) is 0 Å². The molecule has 0 spiro atoms. The Bertz CT molecular complexity index is 986. The molecular formula is C20H17F2N3O4. The number of carboxylic acids is 1. The van der Waals surface area contributed by atoms with Crippen molar-refractivity contribution in [2.45, 2.75) is 13.2 Å². The number of hydrogen-bond donors (Lipinski definition) is 1. The normalized spacial score (nSPS) is 10.6. The maximum atomic E-state index is 12.6. The molecule has 9 heteroatoms. The number of pyridine rings is 2. The summed E-state index contributed by atoms with van der Waals surface area (Å²) < 4.78 is 34.7. The van der Waals surface area contributed by atoms with Gasteiger partial charge >= 0.3 is 12.6 Å². The molecule has 7 nitrogen and oxygen atoms in total. The number of ether oxygens (including phenoxy) is 2. The molecule has 0 aliphatic carbocycles. The van der Waals surface area contributed by atoms with Crippen molar-refractivity contribution in [1.82, 2.24) is 9.97 Å². The van der Waals surface area contributed by atoms with Crippen LogP contribution in [0.3, 0.4) is 0 Å². The van der Waals surface area contributed by atoms with Crippen molar-refractivity contribution in [3.63, 3.8) is 0 Å². The van der Waals surface area contributed by atoms with Crippen molar-refractivity contribution in [3.05, 3.63) is 72.1 Å². The molecule has 0 saturated carbocycles. The van der Waals surface area contributed by atoms with E-state index in [2.05, 4.69) is 14.7 Å². The number of alkyl halides is 2. The molecule has 2 aromatic heterocycles. The minimum Gasteiger partial charge on any atom is -0.478 e. The number of halogens is 2. The van der Waals surface area contributed by atoms with Gasteiger partial charge < -0.3 is 19.5 Å². The predicted molar refractivity (Wildman–Crippen MR) is 101 cm³/mol. The fourth-order valence-electron chi connectivity index (χ4n) is 2.69. The van der Waals surface area contributed by atoms with E-state index in [4.69, 9.17) is 4.74 Å². The van der Waals surface area contributed by atoms with Crippen LogP contribution in [0.15, 0.2) is 60.9 Å². The van der Waals surface area contributed by atoms with Gasteiger partial charge in [0.25, 0.3) is 5.88 Å². The van der Waals surface area contributed by atoms with Gasteiger partial charge in [-0.1, -0.05) is 12.1 Å². The highest BCUT2D eigenvalue weighted by Crippen LogP contribution is 2.33. The minimum atomic E-state index is -3.02. The number of hydrogen-bond acceptors (Lipinski definition) is 6. The molecule has 0 aliphatic heterocycles. The monoisotopic (exact) mass is 401 g/mol. The van der Waals surface area contributed by atoms with Gasteiger partial charge in [-0.3, -0.25) is 4.98 Å². The molecule has 3 rings (SSSR count). The summed E-state index contributed by atoms with van der Waals surface area (Å²) >= 11 is 0. The standard InChI is InChI=1S/C20H17F2N3O4/c1-28-18-16(29-20(21)22)7-8-17(24-18)25(12-13-4-3-9-23-11-13)15-6-2-5-14(10-15)19(26)27/h2-11,20H,12H2,1H3,(H,26,27). The number of aromatic carboxylic acids is 1. The van der Waals surface area contributed by atoms with Crippen molar-refractivity contribution < 1.29 is 28.2 Å². The summed E-state index contributed by atoms with van der Waals surface area (Å²) in [7, 11) is 1.29. The largest absolute Gasteiger partial charge is 0.478 e. The molecule has 0 radical (unpaired) electrons. The van der Waals surface area contributed by atoms with Crippen LogP contribution in [0.1, 0.15) is 15.9 Å². The Labute approximate surface area is 165 Å². The van der Waals surface area contributed by atoms with E-state index >= 15 is 0 Å². The van der Waals surface area contributed by atoms with Crippen LogP contribution in [-0.4, -0.2) is 34.8 Å². The molecule has 1 aromatic carbocycles.